The Morgan fingerprint density at radius 2 is 1.95 bits per heavy atom. The van der Waals surface area contributed by atoms with Crippen LogP contribution in [0.25, 0.3) is 0 Å². The molecule has 1 fully saturated rings. The van der Waals surface area contributed by atoms with Crippen molar-refractivity contribution < 1.29 is 23.8 Å². The van der Waals surface area contributed by atoms with Crippen LogP contribution in [0.1, 0.15) is 32.8 Å². The first-order valence-corrected chi connectivity index (χ1v) is 14.0. The second-order valence-electron chi connectivity index (χ2n) is 9.14. The molecule has 1 aliphatic heterocycles. The first-order valence-electron chi connectivity index (χ1n) is 13.1. The van der Waals surface area contributed by atoms with Gasteiger partial charge in [0.05, 0.1) is 37.7 Å². The third-order valence-corrected chi connectivity index (χ3v) is 7.10. The summed E-state index contributed by atoms with van der Waals surface area (Å²) in [5, 5.41) is 8.15. The Balaban J connectivity index is 1.37. The lowest BCUT2D eigenvalue weighted by Gasteiger charge is -2.26. The van der Waals surface area contributed by atoms with E-state index in [2.05, 4.69) is 30.5 Å². The van der Waals surface area contributed by atoms with Crippen LogP contribution < -0.4 is 20.3 Å². The molecule has 2 aromatic heterocycles. The van der Waals surface area contributed by atoms with Crippen LogP contribution in [0.5, 0.6) is 6.01 Å². The summed E-state index contributed by atoms with van der Waals surface area (Å²) in [5.41, 5.74) is 2.08. The molecule has 0 saturated carbocycles. The summed E-state index contributed by atoms with van der Waals surface area (Å²) in [5.74, 6) is -0.662. The van der Waals surface area contributed by atoms with Gasteiger partial charge in [-0.3, -0.25) is 14.5 Å². The molecule has 1 aliphatic rings. The van der Waals surface area contributed by atoms with E-state index in [-0.39, 0.29) is 17.5 Å². The molecule has 2 N–H and O–H groups in total. The molecular weight excluding hydrogens is 534 g/mol. The second-order valence-corrected chi connectivity index (χ2v) is 9.98. The van der Waals surface area contributed by atoms with Gasteiger partial charge in [-0.05, 0) is 30.2 Å². The number of carbonyl (C=O) groups is 2. The van der Waals surface area contributed by atoms with Crippen LogP contribution >= 0.6 is 11.3 Å². The van der Waals surface area contributed by atoms with Gasteiger partial charge >= 0.3 is 6.01 Å². The zero-order valence-electron chi connectivity index (χ0n) is 22.8. The molecule has 1 saturated heterocycles. The molecule has 40 heavy (non-hydrogen) atoms. The predicted octanol–water partition coefficient (Wildman–Crippen LogP) is 2.30. The number of nitrogens with zero attached hydrogens (tertiary/aromatic N) is 5. The van der Waals surface area contributed by atoms with E-state index in [4.69, 9.17) is 14.2 Å². The molecule has 0 aliphatic carbocycles. The van der Waals surface area contributed by atoms with Gasteiger partial charge in [0.25, 0.3) is 11.8 Å². The van der Waals surface area contributed by atoms with Crippen LogP contribution in [-0.2, 0) is 16.0 Å². The Morgan fingerprint density at radius 3 is 2.73 bits per heavy atom. The minimum Gasteiger partial charge on any atom is -0.463 e. The van der Waals surface area contributed by atoms with Crippen LogP contribution in [0, 0.1) is 0 Å². The first kappa shape index (κ1) is 29.3. The molecule has 0 unspecified atom stereocenters. The highest BCUT2D eigenvalue weighted by Gasteiger charge is 2.19. The summed E-state index contributed by atoms with van der Waals surface area (Å²) in [6.07, 6.45) is 3.99. The number of rotatable bonds is 14. The lowest BCUT2D eigenvalue weighted by molar-refractivity contribution is 0.0342. The Bertz CT molecular complexity index is 1240. The number of thiazole rings is 1. The summed E-state index contributed by atoms with van der Waals surface area (Å²) < 4.78 is 16.0. The van der Waals surface area contributed by atoms with Gasteiger partial charge in [-0.1, -0.05) is 6.07 Å². The van der Waals surface area contributed by atoms with Crippen molar-refractivity contribution in [1.29, 1.82) is 0 Å². The number of carbonyl (C=O) groups excluding carboxylic acids is 2. The maximum Gasteiger partial charge on any atom is 0.316 e. The third kappa shape index (κ3) is 8.68. The highest BCUT2D eigenvalue weighted by atomic mass is 32.1. The quantitative estimate of drug-likeness (QED) is 0.279. The van der Waals surface area contributed by atoms with E-state index in [9.17, 15) is 9.59 Å². The van der Waals surface area contributed by atoms with E-state index in [0.717, 1.165) is 25.1 Å². The monoisotopic (exact) mass is 569 g/mol. The van der Waals surface area contributed by atoms with Gasteiger partial charge in [-0.2, -0.15) is 0 Å². The zero-order valence-corrected chi connectivity index (χ0v) is 23.6. The maximum absolute atomic E-state index is 13.1. The van der Waals surface area contributed by atoms with Gasteiger partial charge < -0.3 is 29.7 Å². The van der Waals surface area contributed by atoms with Crippen molar-refractivity contribution >= 4 is 34.0 Å². The van der Waals surface area contributed by atoms with Crippen molar-refractivity contribution in [3.63, 3.8) is 0 Å². The Morgan fingerprint density at radius 1 is 1.15 bits per heavy atom. The lowest BCUT2D eigenvalue weighted by Crippen LogP contribution is -2.35. The van der Waals surface area contributed by atoms with Crippen molar-refractivity contribution in [2.75, 3.05) is 77.0 Å². The number of benzene rings is 1. The third-order valence-electron chi connectivity index (χ3n) is 6.14. The van der Waals surface area contributed by atoms with Crippen molar-refractivity contribution in [2.24, 2.45) is 0 Å². The fourth-order valence-electron chi connectivity index (χ4n) is 4.02. The summed E-state index contributed by atoms with van der Waals surface area (Å²) in [6, 6.07) is 7.61. The molecule has 3 heterocycles. The molecular formula is C27H35N7O5S. The fourth-order valence-corrected chi connectivity index (χ4v) is 4.82. The molecule has 0 spiro atoms. The smallest absolute Gasteiger partial charge is 0.316 e. The molecule has 13 heteroatoms. The first-order chi connectivity index (χ1) is 19.5. The van der Waals surface area contributed by atoms with E-state index in [1.165, 1.54) is 11.3 Å². The van der Waals surface area contributed by atoms with Gasteiger partial charge in [-0.15, -0.1) is 11.3 Å². The number of anilines is 2. The molecule has 214 valence electrons. The number of hydrogen-bond acceptors (Lipinski definition) is 11. The molecule has 0 bridgehead atoms. The van der Waals surface area contributed by atoms with Crippen LogP contribution in [0.4, 0.5) is 10.8 Å². The molecule has 0 radical (unpaired) electrons. The van der Waals surface area contributed by atoms with Crippen molar-refractivity contribution in [3.05, 3.63) is 58.9 Å². The highest BCUT2D eigenvalue weighted by molar-refractivity contribution is 7.13. The molecule has 1 aromatic carbocycles. The summed E-state index contributed by atoms with van der Waals surface area (Å²) in [6.45, 7) is 5.65. The molecule has 3 aromatic rings. The standard InChI is InChI=1S/C27H35N7O5S/c1-33(10-4-13-39-26-29-7-3-8-30-26)27-32-23(19-40-27)25(36)31-22-6-5-20(18-34-11-15-38-16-12-34)17-21(22)24(35)28-9-14-37-2/h3,5-8,17,19H,4,9-16,18H2,1-2H3,(H,28,35)(H,31,36). The Hall–Kier alpha value is -3.65. The van der Waals surface area contributed by atoms with E-state index in [1.807, 2.05) is 24.1 Å². The van der Waals surface area contributed by atoms with Crippen LogP contribution in [0.2, 0.25) is 0 Å². The summed E-state index contributed by atoms with van der Waals surface area (Å²) >= 11 is 1.38. The van der Waals surface area contributed by atoms with Gasteiger partial charge in [0, 0.05) is 64.7 Å². The average molecular weight is 570 g/mol. The predicted molar refractivity (Wildman–Crippen MR) is 152 cm³/mol. The van der Waals surface area contributed by atoms with Crippen LogP contribution in [-0.4, -0.2) is 98.4 Å². The van der Waals surface area contributed by atoms with Crippen LogP contribution in [0.15, 0.2) is 42.0 Å². The molecule has 12 nitrogen and oxygen atoms in total. The van der Waals surface area contributed by atoms with Gasteiger partial charge in [0.1, 0.15) is 5.69 Å². The summed E-state index contributed by atoms with van der Waals surface area (Å²) in [7, 11) is 3.49. The number of nitrogens with one attached hydrogen (secondary N) is 2. The van der Waals surface area contributed by atoms with E-state index < -0.39 is 0 Å². The van der Waals surface area contributed by atoms with Gasteiger partial charge in [0.15, 0.2) is 5.13 Å². The minimum absolute atomic E-state index is 0.280. The van der Waals surface area contributed by atoms with Crippen LogP contribution in [0.3, 0.4) is 0 Å². The average Bonchev–Trinajstić information content (AvgIpc) is 3.48. The molecule has 0 atom stereocenters. The van der Waals surface area contributed by atoms with E-state index >= 15 is 0 Å². The lowest BCUT2D eigenvalue weighted by atomic mass is 10.1. The molecule has 4 rings (SSSR count). The SMILES string of the molecule is COCCNC(=O)c1cc(CN2CCOCC2)ccc1NC(=O)c1csc(N(C)CCCOc2ncccn2)n1. The van der Waals surface area contributed by atoms with Crippen molar-refractivity contribution in [1.82, 2.24) is 25.2 Å². The number of hydrogen-bond donors (Lipinski definition) is 2. The minimum atomic E-state index is -0.382. The maximum atomic E-state index is 13.1. The topological polar surface area (TPSA) is 131 Å². The van der Waals surface area contributed by atoms with Crippen molar-refractivity contribution in [3.8, 4) is 6.01 Å². The second kappa shape index (κ2) is 15.2. The summed E-state index contributed by atoms with van der Waals surface area (Å²) in [4.78, 5) is 43.0. The van der Waals surface area contributed by atoms with Crippen molar-refractivity contribution in [2.45, 2.75) is 13.0 Å². The van der Waals surface area contributed by atoms with E-state index in [1.54, 1.807) is 37.0 Å². The number of amides is 2. The van der Waals surface area contributed by atoms with Gasteiger partial charge in [0.2, 0.25) is 0 Å². The number of morpholine rings is 1. The van der Waals surface area contributed by atoms with E-state index in [0.29, 0.717) is 68.5 Å². The normalized spacial score (nSPS) is 13.6. The number of methoxy groups -OCH3 is 1. The molecule has 2 amide bonds. The Kier molecular flexibility index (Phi) is 11.2. The van der Waals surface area contributed by atoms with Gasteiger partial charge in [-0.25, -0.2) is 15.0 Å². The number of ether oxygens (including phenoxy) is 3. The largest absolute Gasteiger partial charge is 0.463 e. The zero-order chi connectivity index (χ0) is 28.2. The Labute approximate surface area is 237 Å². The number of aromatic nitrogens is 3. The highest BCUT2D eigenvalue weighted by Crippen LogP contribution is 2.23. The fraction of sp³-hybridized carbons (Fsp3) is 0.444.